The van der Waals surface area contributed by atoms with E-state index in [2.05, 4.69) is 17.2 Å². The summed E-state index contributed by atoms with van der Waals surface area (Å²) in [5.74, 6) is -0.198. The van der Waals surface area contributed by atoms with Crippen molar-refractivity contribution in [2.75, 3.05) is 11.1 Å². The Hall–Kier alpha value is -2.74. The third-order valence-electron chi connectivity index (χ3n) is 5.11. The summed E-state index contributed by atoms with van der Waals surface area (Å²) in [5, 5.41) is 4.15. The second kappa shape index (κ2) is 10.5. The number of fused-ring (bicyclic) bond motifs is 1. The molecule has 6 nitrogen and oxygen atoms in total. The second-order valence-corrected chi connectivity index (χ2v) is 9.24. The lowest BCUT2D eigenvalue weighted by Crippen LogP contribution is -2.24. The van der Waals surface area contributed by atoms with E-state index >= 15 is 0 Å². The smallest absolute Gasteiger partial charge is 0.278 e. The number of hydrogen-bond donors (Lipinski definition) is 2. The molecule has 0 spiro atoms. The number of carbonyl (C=O) groups excluding carboxylic acids is 1. The molecule has 0 aliphatic carbocycles. The SMILES string of the molecule is CCCCn1c(SCC(=O)Nc2cc(Cl)ccc2Cl)nc2c(-c3ccccc3)c[nH]c2c1=O. The number of thioether (sulfide) groups is 1. The van der Waals surface area contributed by atoms with Gasteiger partial charge in [-0.1, -0.05) is 78.6 Å². The van der Waals surface area contributed by atoms with E-state index in [9.17, 15) is 9.59 Å². The molecule has 2 heterocycles. The second-order valence-electron chi connectivity index (χ2n) is 7.46. The number of rotatable bonds is 8. The Kier molecular flexibility index (Phi) is 7.42. The standard InChI is InChI=1S/C24H22Cl2N4O2S/c1-2-3-11-30-23(32)22-21(17(13-27-22)15-7-5-4-6-8-15)29-24(30)33-14-20(31)28-19-12-16(25)9-10-18(19)26/h4-10,12-13,27H,2-3,11,14H2,1H3,(H,28,31). The summed E-state index contributed by atoms with van der Waals surface area (Å²) < 4.78 is 1.64. The number of hydrogen-bond acceptors (Lipinski definition) is 4. The molecule has 0 fully saturated rings. The van der Waals surface area contributed by atoms with Crippen LogP contribution in [-0.4, -0.2) is 26.2 Å². The minimum absolute atomic E-state index is 0.0675. The zero-order chi connectivity index (χ0) is 23.4. The quantitative estimate of drug-likeness (QED) is 0.222. The summed E-state index contributed by atoms with van der Waals surface area (Å²) in [6.45, 7) is 2.59. The first kappa shape index (κ1) is 23.4. The van der Waals surface area contributed by atoms with E-state index in [-0.39, 0.29) is 17.2 Å². The highest BCUT2D eigenvalue weighted by Gasteiger charge is 2.18. The summed E-state index contributed by atoms with van der Waals surface area (Å²) >= 11 is 13.4. The number of carbonyl (C=O) groups is 1. The van der Waals surface area contributed by atoms with Crippen LogP contribution < -0.4 is 10.9 Å². The number of benzene rings is 2. The van der Waals surface area contributed by atoms with Gasteiger partial charge in [0.25, 0.3) is 5.56 Å². The van der Waals surface area contributed by atoms with E-state index in [1.165, 1.54) is 11.8 Å². The highest BCUT2D eigenvalue weighted by atomic mass is 35.5. The maximum atomic E-state index is 13.3. The van der Waals surface area contributed by atoms with Crippen LogP contribution in [0.15, 0.2) is 64.7 Å². The van der Waals surface area contributed by atoms with E-state index in [4.69, 9.17) is 28.2 Å². The van der Waals surface area contributed by atoms with Gasteiger partial charge in [0.2, 0.25) is 5.91 Å². The van der Waals surface area contributed by atoms with Crippen LogP contribution in [0.1, 0.15) is 19.8 Å². The zero-order valence-electron chi connectivity index (χ0n) is 17.9. The molecule has 1 amide bonds. The van der Waals surface area contributed by atoms with Gasteiger partial charge >= 0.3 is 0 Å². The lowest BCUT2D eigenvalue weighted by atomic mass is 10.1. The van der Waals surface area contributed by atoms with Gasteiger partial charge in [0.05, 0.1) is 16.5 Å². The van der Waals surface area contributed by atoms with Gasteiger partial charge in [-0.25, -0.2) is 4.98 Å². The number of unbranched alkanes of at least 4 members (excludes halogenated alkanes) is 1. The Balaban J connectivity index is 1.65. The van der Waals surface area contributed by atoms with Gasteiger partial charge in [-0.2, -0.15) is 0 Å². The molecule has 0 saturated heterocycles. The lowest BCUT2D eigenvalue weighted by molar-refractivity contribution is -0.113. The molecule has 0 saturated carbocycles. The topological polar surface area (TPSA) is 79.8 Å². The van der Waals surface area contributed by atoms with E-state index < -0.39 is 0 Å². The first-order valence-electron chi connectivity index (χ1n) is 10.5. The molecule has 0 radical (unpaired) electrons. The number of nitrogens with zero attached hydrogens (tertiary/aromatic N) is 2. The molecule has 0 aliphatic rings. The predicted octanol–water partition coefficient (Wildman–Crippen LogP) is 6.23. The summed E-state index contributed by atoms with van der Waals surface area (Å²) in [7, 11) is 0. The number of amides is 1. The normalized spacial score (nSPS) is 11.1. The Bertz CT molecular complexity index is 1350. The van der Waals surface area contributed by atoms with Crippen LogP contribution in [0.3, 0.4) is 0 Å². The van der Waals surface area contributed by atoms with Crippen molar-refractivity contribution < 1.29 is 4.79 Å². The van der Waals surface area contributed by atoms with E-state index in [0.717, 1.165) is 24.0 Å². The first-order valence-corrected chi connectivity index (χ1v) is 12.3. The van der Waals surface area contributed by atoms with Crippen LogP contribution in [0, 0.1) is 0 Å². The fourth-order valence-corrected chi connectivity index (χ4v) is 4.60. The Morgan fingerprint density at radius 3 is 2.73 bits per heavy atom. The van der Waals surface area contributed by atoms with Crippen molar-refractivity contribution in [3.63, 3.8) is 0 Å². The van der Waals surface area contributed by atoms with Crippen LogP contribution in [0.4, 0.5) is 5.69 Å². The number of halogens is 2. The van der Waals surface area contributed by atoms with Crippen LogP contribution in [0.5, 0.6) is 0 Å². The third-order valence-corrected chi connectivity index (χ3v) is 6.65. The average Bonchev–Trinajstić information content (AvgIpc) is 3.24. The van der Waals surface area contributed by atoms with Crippen molar-refractivity contribution >= 4 is 57.6 Å². The minimum atomic E-state index is -0.266. The molecule has 170 valence electrons. The maximum absolute atomic E-state index is 13.3. The summed E-state index contributed by atoms with van der Waals surface area (Å²) in [5.41, 5.74) is 3.17. The zero-order valence-corrected chi connectivity index (χ0v) is 20.2. The number of nitrogens with one attached hydrogen (secondary N) is 2. The molecule has 4 aromatic rings. The molecule has 0 atom stereocenters. The van der Waals surface area contributed by atoms with Crippen molar-refractivity contribution in [1.29, 1.82) is 0 Å². The van der Waals surface area contributed by atoms with E-state index in [0.29, 0.717) is 38.5 Å². The van der Waals surface area contributed by atoms with Gasteiger partial charge < -0.3 is 10.3 Å². The highest BCUT2D eigenvalue weighted by Crippen LogP contribution is 2.29. The third kappa shape index (κ3) is 5.27. The Morgan fingerprint density at radius 1 is 1.18 bits per heavy atom. The van der Waals surface area contributed by atoms with Crippen molar-refractivity contribution in [3.05, 3.63) is 75.1 Å². The van der Waals surface area contributed by atoms with Gasteiger partial charge in [-0.05, 0) is 30.2 Å². The molecule has 0 aliphatic heterocycles. The fourth-order valence-electron chi connectivity index (χ4n) is 3.44. The highest BCUT2D eigenvalue weighted by molar-refractivity contribution is 7.99. The van der Waals surface area contributed by atoms with Crippen LogP contribution in [0.2, 0.25) is 10.0 Å². The fraction of sp³-hybridized carbons (Fsp3) is 0.208. The summed E-state index contributed by atoms with van der Waals surface area (Å²) in [4.78, 5) is 33.8. The molecular weight excluding hydrogens is 479 g/mol. The van der Waals surface area contributed by atoms with Crippen molar-refractivity contribution in [1.82, 2.24) is 14.5 Å². The van der Waals surface area contributed by atoms with E-state index in [1.807, 2.05) is 30.3 Å². The number of aromatic amines is 1. The Labute approximate surface area is 205 Å². The van der Waals surface area contributed by atoms with Gasteiger partial charge in [-0.15, -0.1) is 0 Å². The number of H-pyrrole nitrogens is 1. The van der Waals surface area contributed by atoms with Gasteiger partial charge in [0.1, 0.15) is 11.0 Å². The summed E-state index contributed by atoms with van der Waals surface area (Å²) in [6.07, 6.45) is 3.57. The van der Waals surface area contributed by atoms with Gasteiger partial charge in [0, 0.05) is 23.3 Å². The van der Waals surface area contributed by atoms with Crippen LogP contribution >= 0.6 is 35.0 Å². The van der Waals surface area contributed by atoms with Gasteiger partial charge in [-0.3, -0.25) is 14.2 Å². The van der Waals surface area contributed by atoms with Crippen molar-refractivity contribution in [3.8, 4) is 11.1 Å². The minimum Gasteiger partial charge on any atom is -0.355 e. The first-order chi connectivity index (χ1) is 16.0. The van der Waals surface area contributed by atoms with Gasteiger partial charge in [0.15, 0.2) is 5.16 Å². The number of aromatic nitrogens is 3. The molecule has 9 heteroatoms. The Morgan fingerprint density at radius 2 is 1.97 bits per heavy atom. The molecule has 4 rings (SSSR count). The molecule has 2 aromatic carbocycles. The largest absolute Gasteiger partial charge is 0.355 e. The molecule has 2 aromatic heterocycles. The molecule has 0 unspecified atom stereocenters. The van der Waals surface area contributed by atoms with E-state index in [1.54, 1.807) is 29.0 Å². The average molecular weight is 501 g/mol. The maximum Gasteiger partial charge on any atom is 0.278 e. The van der Waals surface area contributed by atoms with Crippen LogP contribution in [-0.2, 0) is 11.3 Å². The molecular formula is C24H22Cl2N4O2S. The predicted molar refractivity (Wildman–Crippen MR) is 137 cm³/mol. The molecule has 0 bridgehead atoms. The molecule has 33 heavy (non-hydrogen) atoms. The number of anilines is 1. The van der Waals surface area contributed by atoms with Crippen molar-refractivity contribution in [2.45, 2.75) is 31.5 Å². The van der Waals surface area contributed by atoms with Crippen LogP contribution in [0.25, 0.3) is 22.2 Å². The summed E-state index contributed by atoms with van der Waals surface area (Å²) in [6, 6.07) is 14.6. The van der Waals surface area contributed by atoms with Crippen molar-refractivity contribution in [2.24, 2.45) is 0 Å². The monoisotopic (exact) mass is 500 g/mol. The lowest BCUT2D eigenvalue weighted by Gasteiger charge is -2.12. The molecule has 2 N–H and O–H groups in total.